The van der Waals surface area contributed by atoms with Crippen molar-refractivity contribution in [3.8, 4) is 0 Å². The molecule has 1 fully saturated rings. The van der Waals surface area contributed by atoms with Crippen LogP contribution in [0.1, 0.15) is 43.7 Å². The smallest absolute Gasteiger partial charge is 0.151 e. The normalized spacial score (nSPS) is 16.2. The molecular weight excluding hydrogens is 241 g/mol. The van der Waals surface area contributed by atoms with Gasteiger partial charge >= 0.3 is 0 Å². The Balaban J connectivity index is 1.99. The number of hydrogen-bond acceptors (Lipinski definition) is 2. The first-order chi connectivity index (χ1) is 9.04. The molecule has 0 amide bonds. The second-order valence-corrected chi connectivity index (χ2v) is 5.75. The van der Waals surface area contributed by atoms with Crippen molar-refractivity contribution in [1.82, 2.24) is 4.90 Å². The van der Waals surface area contributed by atoms with Gasteiger partial charge in [-0.2, -0.15) is 0 Å². The number of ketones is 1. The molecular formula is C16H22FNO. The Morgan fingerprint density at radius 3 is 2.58 bits per heavy atom. The molecule has 0 spiro atoms. The molecule has 2 nitrogen and oxygen atoms in total. The molecule has 1 aliphatic heterocycles. The predicted molar refractivity (Wildman–Crippen MR) is 74.9 cm³/mol. The monoisotopic (exact) mass is 263 g/mol. The van der Waals surface area contributed by atoms with Gasteiger partial charge in [0.15, 0.2) is 5.78 Å². The van der Waals surface area contributed by atoms with E-state index in [0.717, 1.165) is 24.2 Å². The fourth-order valence-corrected chi connectivity index (χ4v) is 2.58. The zero-order chi connectivity index (χ0) is 13.8. The van der Waals surface area contributed by atoms with Gasteiger partial charge in [-0.25, -0.2) is 4.39 Å². The molecule has 0 N–H and O–H groups in total. The van der Waals surface area contributed by atoms with Gasteiger partial charge in [-0.1, -0.05) is 19.9 Å². The summed E-state index contributed by atoms with van der Waals surface area (Å²) in [5.74, 6) is 0.223. The first kappa shape index (κ1) is 14.2. The molecule has 19 heavy (non-hydrogen) atoms. The molecule has 0 unspecified atom stereocenters. The number of hydrogen-bond donors (Lipinski definition) is 0. The zero-order valence-electron chi connectivity index (χ0n) is 11.8. The highest BCUT2D eigenvalue weighted by Gasteiger charge is 2.16. The molecule has 0 bridgehead atoms. The summed E-state index contributed by atoms with van der Waals surface area (Å²) in [6.07, 6.45) is 2.71. The lowest BCUT2D eigenvalue weighted by atomic mass is 9.98. The van der Waals surface area contributed by atoms with Crippen LogP contribution in [0.5, 0.6) is 0 Å². The third kappa shape index (κ3) is 4.13. The van der Waals surface area contributed by atoms with Gasteiger partial charge in [0.05, 0.1) is 6.54 Å². The van der Waals surface area contributed by atoms with Crippen molar-refractivity contribution in [2.24, 2.45) is 0 Å². The van der Waals surface area contributed by atoms with Crippen LogP contribution in [0.4, 0.5) is 4.39 Å². The van der Waals surface area contributed by atoms with Crippen molar-refractivity contribution < 1.29 is 9.18 Å². The Kier molecular flexibility index (Phi) is 4.70. The maximum Gasteiger partial charge on any atom is 0.151 e. The largest absolute Gasteiger partial charge is 0.298 e. The van der Waals surface area contributed by atoms with E-state index in [-0.39, 0.29) is 17.5 Å². The van der Waals surface area contributed by atoms with Crippen molar-refractivity contribution in [3.63, 3.8) is 0 Å². The van der Waals surface area contributed by atoms with E-state index in [2.05, 4.69) is 4.90 Å². The van der Waals surface area contributed by atoms with E-state index in [1.54, 1.807) is 6.07 Å². The fourth-order valence-electron chi connectivity index (χ4n) is 2.58. The Hall–Kier alpha value is -1.22. The molecule has 0 aromatic heterocycles. The lowest BCUT2D eigenvalue weighted by molar-refractivity contribution is -0.119. The van der Waals surface area contributed by atoms with Crippen molar-refractivity contribution in [2.75, 3.05) is 19.6 Å². The van der Waals surface area contributed by atoms with Gasteiger partial charge in [-0.15, -0.1) is 0 Å². The molecule has 1 aromatic carbocycles. The van der Waals surface area contributed by atoms with Gasteiger partial charge in [0.2, 0.25) is 0 Å². The SMILES string of the molecule is CC(C)c1cc(F)cc(CC(=O)CN2CCCC2)c1. The number of benzene rings is 1. The van der Waals surface area contributed by atoms with E-state index >= 15 is 0 Å². The summed E-state index contributed by atoms with van der Waals surface area (Å²) in [4.78, 5) is 14.2. The average molecular weight is 263 g/mol. The number of carbonyl (C=O) groups excluding carboxylic acids is 1. The van der Waals surface area contributed by atoms with Gasteiger partial charge in [0.25, 0.3) is 0 Å². The molecule has 0 radical (unpaired) electrons. The topological polar surface area (TPSA) is 20.3 Å². The van der Waals surface area contributed by atoms with E-state index in [9.17, 15) is 9.18 Å². The Labute approximate surface area is 114 Å². The third-order valence-corrected chi connectivity index (χ3v) is 3.65. The van der Waals surface area contributed by atoms with Crippen LogP contribution in [-0.2, 0) is 11.2 Å². The number of rotatable bonds is 5. The number of likely N-dealkylation sites (tertiary alicyclic amines) is 1. The standard InChI is InChI=1S/C16H22FNO/c1-12(2)14-7-13(8-15(17)10-14)9-16(19)11-18-5-3-4-6-18/h7-8,10,12H,3-6,9,11H2,1-2H3. The lowest BCUT2D eigenvalue weighted by Gasteiger charge is -2.14. The molecule has 2 rings (SSSR count). The van der Waals surface area contributed by atoms with Gasteiger partial charge in [-0.3, -0.25) is 9.69 Å². The van der Waals surface area contributed by atoms with E-state index < -0.39 is 0 Å². The van der Waals surface area contributed by atoms with Crippen molar-refractivity contribution in [1.29, 1.82) is 0 Å². The molecule has 0 saturated carbocycles. The number of halogens is 1. The molecule has 1 heterocycles. The number of Topliss-reactive ketones (excluding diaryl/α,β-unsaturated/α-hetero) is 1. The van der Waals surface area contributed by atoms with E-state index in [0.29, 0.717) is 13.0 Å². The highest BCUT2D eigenvalue weighted by atomic mass is 19.1. The molecule has 104 valence electrons. The average Bonchev–Trinajstić information content (AvgIpc) is 2.80. The van der Waals surface area contributed by atoms with Gasteiger partial charge in [-0.05, 0) is 55.1 Å². The first-order valence-corrected chi connectivity index (χ1v) is 7.08. The van der Waals surface area contributed by atoms with E-state index in [1.807, 2.05) is 19.9 Å². The summed E-state index contributed by atoms with van der Waals surface area (Å²) in [6, 6.07) is 4.99. The molecule has 0 atom stereocenters. The minimum absolute atomic E-state index is 0.183. The summed E-state index contributed by atoms with van der Waals surface area (Å²) in [5.41, 5.74) is 1.76. The Bertz CT molecular complexity index is 450. The summed E-state index contributed by atoms with van der Waals surface area (Å²) in [6.45, 7) is 6.61. The van der Waals surface area contributed by atoms with Crippen LogP contribution in [0.2, 0.25) is 0 Å². The minimum Gasteiger partial charge on any atom is -0.298 e. The molecule has 3 heteroatoms. The van der Waals surface area contributed by atoms with Crippen molar-refractivity contribution in [2.45, 2.75) is 39.0 Å². The second-order valence-electron chi connectivity index (χ2n) is 5.75. The minimum atomic E-state index is -0.241. The summed E-state index contributed by atoms with van der Waals surface area (Å²) >= 11 is 0. The Morgan fingerprint density at radius 1 is 1.26 bits per heavy atom. The zero-order valence-corrected chi connectivity index (χ0v) is 11.8. The fraction of sp³-hybridized carbons (Fsp3) is 0.562. The van der Waals surface area contributed by atoms with Crippen LogP contribution < -0.4 is 0 Å². The maximum absolute atomic E-state index is 13.5. The molecule has 1 aromatic rings. The lowest BCUT2D eigenvalue weighted by Crippen LogP contribution is -2.27. The maximum atomic E-state index is 13.5. The van der Waals surface area contributed by atoms with Gasteiger partial charge in [0.1, 0.15) is 5.82 Å². The quantitative estimate of drug-likeness (QED) is 0.813. The van der Waals surface area contributed by atoms with Crippen LogP contribution in [0.3, 0.4) is 0 Å². The van der Waals surface area contributed by atoms with Gasteiger partial charge < -0.3 is 0 Å². The van der Waals surface area contributed by atoms with Crippen molar-refractivity contribution in [3.05, 3.63) is 35.1 Å². The first-order valence-electron chi connectivity index (χ1n) is 7.08. The third-order valence-electron chi connectivity index (χ3n) is 3.65. The molecule has 1 aliphatic rings. The van der Waals surface area contributed by atoms with Crippen LogP contribution in [0.15, 0.2) is 18.2 Å². The highest BCUT2D eigenvalue weighted by Crippen LogP contribution is 2.18. The van der Waals surface area contributed by atoms with Crippen LogP contribution >= 0.6 is 0 Å². The molecule has 0 aliphatic carbocycles. The van der Waals surface area contributed by atoms with E-state index in [4.69, 9.17) is 0 Å². The number of nitrogens with zero attached hydrogens (tertiary/aromatic N) is 1. The van der Waals surface area contributed by atoms with Crippen molar-refractivity contribution >= 4 is 5.78 Å². The summed E-state index contributed by atoms with van der Waals surface area (Å²) < 4.78 is 13.5. The molecule has 1 saturated heterocycles. The van der Waals surface area contributed by atoms with Gasteiger partial charge in [0, 0.05) is 6.42 Å². The summed E-state index contributed by atoms with van der Waals surface area (Å²) in [5, 5.41) is 0. The summed E-state index contributed by atoms with van der Waals surface area (Å²) in [7, 11) is 0. The number of carbonyl (C=O) groups is 1. The predicted octanol–water partition coefficient (Wildman–Crippen LogP) is 3.16. The second kappa shape index (κ2) is 6.29. The van der Waals surface area contributed by atoms with Crippen LogP contribution in [-0.4, -0.2) is 30.3 Å². The van der Waals surface area contributed by atoms with E-state index in [1.165, 1.54) is 18.9 Å². The van der Waals surface area contributed by atoms with Crippen LogP contribution in [0, 0.1) is 5.82 Å². The highest BCUT2D eigenvalue weighted by molar-refractivity contribution is 5.82. The van der Waals surface area contributed by atoms with Crippen LogP contribution in [0.25, 0.3) is 0 Å². The Morgan fingerprint density at radius 2 is 1.95 bits per heavy atom.